The number of aliphatic hydroxyl groups is 1. The molecule has 2 rings (SSSR count). The van der Waals surface area contributed by atoms with Crippen LogP contribution >= 0.6 is 0 Å². The fourth-order valence-corrected chi connectivity index (χ4v) is 1.80. The molecule has 0 saturated heterocycles. The van der Waals surface area contributed by atoms with Crippen LogP contribution in [0.1, 0.15) is 21.5 Å². The zero-order valence-corrected chi connectivity index (χ0v) is 11.4. The van der Waals surface area contributed by atoms with Crippen molar-refractivity contribution < 1.29 is 9.90 Å². The minimum absolute atomic E-state index is 0.179. The van der Waals surface area contributed by atoms with Gasteiger partial charge in [-0.15, -0.1) is 0 Å². The van der Waals surface area contributed by atoms with Crippen LogP contribution in [0.5, 0.6) is 0 Å². The molecule has 2 aromatic carbocycles. The molecule has 0 saturated carbocycles. The van der Waals surface area contributed by atoms with Gasteiger partial charge in [-0.1, -0.05) is 54.6 Å². The number of benzene rings is 2. The highest BCUT2D eigenvalue weighted by molar-refractivity contribution is 5.96. The molecule has 0 aliphatic rings. The first-order chi connectivity index (χ1) is 10.3. The van der Waals surface area contributed by atoms with Gasteiger partial charge in [-0.25, -0.2) is 5.43 Å². The first-order valence-electron chi connectivity index (χ1n) is 6.55. The highest BCUT2D eigenvalue weighted by atomic mass is 16.3. The SMILES string of the molecule is O=C(N/N=C\C=C\c1ccccc1)c1ccccc1CO. The Kier molecular flexibility index (Phi) is 5.43. The predicted octanol–water partition coefficient (Wildman–Crippen LogP) is 2.61. The van der Waals surface area contributed by atoms with Gasteiger partial charge in [-0.3, -0.25) is 4.79 Å². The van der Waals surface area contributed by atoms with Crippen molar-refractivity contribution in [2.45, 2.75) is 6.61 Å². The van der Waals surface area contributed by atoms with Crippen LogP contribution in [-0.2, 0) is 6.61 Å². The van der Waals surface area contributed by atoms with E-state index in [4.69, 9.17) is 0 Å². The number of nitrogens with one attached hydrogen (secondary N) is 1. The Balaban J connectivity index is 1.92. The van der Waals surface area contributed by atoms with Crippen molar-refractivity contribution in [1.82, 2.24) is 5.43 Å². The van der Waals surface area contributed by atoms with E-state index in [1.165, 1.54) is 6.21 Å². The Bertz CT molecular complexity index is 649. The van der Waals surface area contributed by atoms with Crippen LogP contribution < -0.4 is 5.43 Å². The lowest BCUT2D eigenvalue weighted by atomic mass is 10.1. The van der Waals surface area contributed by atoms with Gasteiger partial charge in [-0.2, -0.15) is 5.10 Å². The number of carbonyl (C=O) groups excluding carboxylic acids is 1. The first kappa shape index (κ1) is 14.7. The number of rotatable bonds is 5. The van der Waals surface area contributed by atoms with Gasteiger partial charge in [0, 0.05) is 11.8 Å². The van der Waals surface area contributed by atoms with Crippen LogP contribution in [0, 0.1) is 0 Å². The molecule has 0 heterocycles. The highest BCUT2D eigenvalue weighted by Crippen LogP contribution is 2.08. The predicted molar refractivity (Wildman–Crippen MR) is 83.8 cm³/mol. The Morgan fingerprint density at radius 1 is 1.10 bits per heavy atom. The van der Waals surface area contributed by atoms with E-state index in [1.807, 2.05) is 36.4 Å². The van der Waals surface area contributed by atoms with Gasteiger partial charge in [0.05, 0.1) is 6.61 Å². The average molecular weight is 280 g/mol. The Hall–Kier alpha value is -2.72. The van der Waals surface area contributed by atoms with Gasteiger partial charge < -0.3 is 5.11 Å². The van der Waals surface area contributed by atoms with Gasteiger partial charge in [0.2, 0.25) is 0 Å². The zero-order valence-electron chi connectivity index (χ0n) is 11.4. The molecular weight excluding hydrogens is 264 g/mol. The fourth-order valence-electron chi connectivity index (χ4n) is 1.80. The second-order valence-corrected chi connectivity index (χ2v) is 4.30. The van der Waals surface area contributed by atoms with Crippen LogP contribution in [0.2, 0.25) is 0 Å². The molecule has 4 heteroatoms. The quantitative estimate of drug-likeness (QED) is 0.653. The van der Waals surface area contributed by atoms with Crippen molar-refractivity contribution in [3.63, 3.8) is 0 Å². The number of hydrazone groups is 1. The molecule has 21 heavy (non-hydrogen) atoms. The largest absolute Gasteiger partial charge is 0.392 e. The molecule has 0 unspecified atom stereocenters. The molecule has 0 atom stereocenters. The third kappa shape index (κ3) is 4.40. The van der Waals surface area contributed by atoms with Gasteiger partial charge in [0.25, 0.3) is 5.91 Å². The number of hydrogen-bond acceptors (Lipinski definition) is 3. The maximum absolute atomic E-state index is 11.9. The summed E-state index contributed by atoms with van der Waals surface area (Å²) in [5.41, 5.74) is 4.48. The topological polar surface area (TPSA) is 61.7 Å². The third-order valence-electron chi connectivity index (χ3n) is 2.85. The average Bonchev–Trinajstić information content (AvgIpc) is 2.55. The minimum atomic E-state index is -0.344. The maximum Gasteiger partial charge on any atom is 0.271 e. The molecule has 0 aliphatic heterocycles. The maximum atomic E-state index is 11.9. The van der Waals surface area contributed by atoms with E-state index < -0.39 is 0 Å². The lowest BCUT2D eigenvalue weighted by Gasteiger charge is -2.04. The summed E-state index contributed by atoms with van der Waals surface area (Å²) in [6, 6.07) is 16.7. The molecule has 2 aromatic rings. The third-order valence-corrected chi connectivity index (χ3v) is 2.85. The summed E-state index contributed by atoms with van der Waals surface area (Å²) in [5, 5.41) is 13.0. The number of allylic oxidation sites excluding steroid dienone is 1. The van der Waals surface area contributed by atoms with Crippen LogP contribution in [0.3, 0.4) is 0 Å². The number of aliphatic hydroxyl groups excluding tert-OH is 1. The normalized spacial score (nSPS) is 11.1. The lowest BCUT2D eigenvalue weighted by Crippen LogP contribution is -2.19. The molecule has 4 nitrogen and oxygen atoms in total. The Morgan fingerprint density at radius 2 is 1.81 bits per heavy atom. The number of nitrogens with zero attached hydrogens (tertiary/aromatic N) is 1. The van der Waals surface area contributed by atoms with E-state index in [0.717, 1.165) is 5.56 Å². The summed E-state index contributed by atoms with van der Waals surface area (Å²) in [6.45, 7) is -0.179. The van der Waals surface area contributed by atoms with E-state index >= 15 is 0 Å². The molecule has 0 aliphatic carbocycles. The van der Waals surface area contributed by atoms with Crippen molar-refractivity contribution in [3.8, 4) is 0 Å². The van der Waals surface area contributed by atoms with E-state index in [-0.39, 0.29) is 12.5 Å². The summed E-state index contributed by atoms with van der Waals surface area (Å²) in [7, 11) is 0. The van der Waals surface area contributed by atoms with Gasteiger partial charge >= 0.3 is 0 Å². The van der Waals surface area contributed by atoms with Crippen LogP contribution in [-0.4, -0.2) is 17.2 Å². The van der Waals surface area contributed by atoms with Crippen molar-refractivity contribution >= 4 is 18.2 Å². The van der Waals surface area contributed by atoms with Crippen LogP contribution in [0.4, 0.5) is 0 Å². The van der Waals surface area contributed by atoms with E-state index in [2.05, 4.69) is 10.5 Å². The fraction of sp³-hybridized carbons (Fsp3) is 0.0588. The smallest absolute Gasteiger partial charge is 0.271 e. The molecular formula is C17H16N2O2. The molecule has 0 radical (unpaired) electrons. The van der Waals surface area contributed by atoms with Crippen molar-refractivity contribution in [1.29, 1.82) is 0 Å². The summed E-state index contributed by atoms with van der Waals surface area (Å²) < 4.78 is 0. The van der Waals surface area contributed by atoms with Crippen molar-refractivity contribution in [3.05, 3.63) is 77.4 Å². The number of hydrogen-bond donors (Lipinski definition) is 2. The molecule has 0 bridgehead atoms. The van der Waals surface area contributed by atoms with Gasteiger partial charge in [-0.05, 0) is 23.3 Å². The summed E-state index contributed by atoms with van der Waals surface area (Å²) >= 11 is 0. The van der Waals surface area contributed by atoms with Crippen molar-refractivity contribution in [2.24, 2.45) is 5.10 Å². The minimum Gasteiger partial charge on any atom is -0.392 e. The summed E-state index contributed by atoms with van der Waals surface area (Å²) in [4.78, 5) is 11.9. The van der Waals surface area contributed by atoms with Gasteiger partial charge in [0.15, 0.2) is 0 Å². The van der Waals surface area contributed by atoms with Crippen molar-refractivity contribution in [2.75, 3.05) is 0 Å². The summed E-state index contributed by atoms with van der Waals surface area (Å²) in [5.74, 6) is -0.344. The summed E-state index contributed by atoms with van der Waals surface area (Å²) in [6.07, 6.45) is 5.14. The molecule has 0 aromatic heterocycles. The standard InChI is InChI=1S/C17H16N2O2/c20-13-15-10-4-5-11-16(15)17(21)19-18-12-6-9-14-7-2-1-3-8-14/h1-12,20H,13H2,(H,19,21)/b9-6+,18-12-. The molecule has 2 N–H and O–H groups in total. The van der Waals surface area contributed by atoms with Gasteiger partial charge in [0.1, 0.15) is 0 Å². The Morgan fingerprint density at radius 3 is 2.57 bits per heavy atom. The van der Waals surface area contributed by atoms with E-state index in [0.29, 0.717) is 11.1 Å². The number of amides is 1. The monoisotopic (exact) mass is 280 g/mol. The first-order valence-corrected chi connectivity index (χ1v) is 6.55. The molecule has 0 fully saturated rings. The van der Waals surface area contributed by atoms with E-state index in [9.17, 15) is 9.90 Å². The van der Waals surface area contributed by atoms with Crippen LogP contribution in [0.15, 0.2) is 65.8 Å². The molecule has 0 spiro atoms. The molecule has 106 valence electrons. The lowest BCUT2D eigenvalue weighted by molar-refractivity contribution is 0.0952. The highest BCUT2D eigenvalue weighted by Gasteiger charge is 2.08. The second kappa shape index (κ2) is 7.77. The van der Waals surface area contributed by atoms with Crippen LogP contribution in [0.25, 0.3) is 6.08 Å². The second-order valence-electron chi connectivity index (χ2n) is 4.30. The Labute approximate surface area is 123 Å². The number of carbonyl (C=O) groups is 1. The molecule has 1 amide bonds. The zero-order chi connectivity index (χ0) is 14.9. The van der Waals surface area contributed by atoms with E-state index in [1.54, 1.807) is 30.3 Å².